The first kappa shape index (κ1) is 22.2. The molecule has 1 aliphatic heterocycles. The third-order valence-corrected chi connectivity index (χ3v) is 6.65. The van der Waals surface area contributed by atoms with Crippen LogP contribution in [0.4, 0.5) is 10.1 Å². The van der Waals surface area contributed by atoms with Gasteiger partial charge in [0, 0.05) is 25.7 Å². The summed E-state index contributed by atoms with van der Waals surface area (Å²) < 4.78 is 41.9. The Morgan fingerprint density at radius 2 is 1.93 bits per heavy atom. The molecule has 2 aromatic rings. The quantitative estimate of drug-likeness (QED) is 0.582. The van der Waals surface area contributed by atoms with Crippen LogP contribution in [0, 0.1) is 15.9 Å². The zero-order valence-electron chi connectivity index (χ0n) is 15.2. The van der Waals surface area contributed by atoms with E-state index in [2.05, 4.69) is 5.32 Å². The fourth-order valence-electron chi connectivity index (χ4n) is 3.25. The summed E-state index contributed by atoms with van der Waals surface area (Å²) in [6, 6.07) is 10.00. The van der Waals surface area contributed by atoms with Crippen molar-refractivity contribution < 1.29 is 17.7 Å². The number of hydrogen-bond acceptors (Lipinski definition) is 5. The van der Waals surface area contributed by atoms with E-state index >= 15 is 0 Å². The Hall–Kier alpha value is -2.07. The molecule has 10 heteroatoms. The first-order valence-corrected chi connectivity index (χ1v) is 10.0. The van der Waals surface area contributed by atoms with Crippen LogP contribution >= 0.6 is 12.4 Å². The van der Waals surface area contributed by atoms with Gasteiger partial charge in [0.1, 0.15) is 5.82 Å². The van der Waals surface area contributed by atoms with Gasteiger partial charge in [0.05, 0.1) is 11.0 Å². The lowest BCUT2D eigenvalue weighted by Gasteiger charge is -2.35. The Bertz CT molecular complexity index is 954. The van der Waals surface area contributed by atoms with Crippen molar-refractivity contribution in [1.29, 1.82) is 0 Å². The maximum Gasteiger partial charge on any atom is 0.292 e. The maximum atomic E-state index is 14.4. The molecule has 0 aliphatic carbocycles. The van der Waals surface area contributed by atoms with Crippen molar-refractivity contribution in [3.63, 3.8) is 0 Å². The summed E-state index contributed by atoms with van der Waals surface area (Å²) >= 11 is 0. The molecule has 2 aromatic carbocycles. The van der Waals surface area contributed by atoms with Crippen LogP contribution in [0.2, 0.25) is 0 Å². The summed E-state index contributed by atoms with van der Waals surface area (Å²) in [7, 11) is -4.40. The van der Waals surface area contributed by atoms with Crippen molar-refractivity contribution in [2.75, 3.05) is 19.6 Å². The zero-order valence-corrected chi connectivity index (χ0v) is 16.8. The Morgan fingerprint density at radius 3 is 2.54 bits per heavy atom. The maximum absolute atomic E-state index is 14.4. The number of sulfonamides is 1. The highest BCUT2D eigenvalue weighted by atomic mass is 35.5. The van der Waals surface area contributed by atoms with Crippen LogP contribution in [0.3, 0.4) is 0 Å². The van der Waals surface area contributed by atoms with E-state index in [1.54, 1.807) is 0 Å². The average Bonchev–Trinajstić information content (AvgIpc) is 2.67. The van der Waals surface area contributed by atoms with E-state index < -0.39 is 37.4 Å². The number of rotatable bonds is 5. The summed E-state index contributed by atoms with van der Waals surface area (Å²) in [5.41, 5.74) is 1.11. The van der Waals surface area contributed by atoms with Crippen LogP contribution in [0.15, 0.2) is 47.4 Å². The second-order valence-corrected chi connectivity index (χ2v) is 8.10. The minimum Gasteiger partial charge on any atom is -0.313 e. The van der Waals surface area contributed by atoms with E-state index in [9.17, 15) is 22.9 Å². The third kappa shape index (κ3) is 4.17. The summed E-state index contributed by atoms with van der Waals surface area (Å²) in [6.07, 6.45) is 0.854. The molecule has 1 fully saturated rings. The van der Waals surface area contributed by atoms with Crippen LogP contribution in [0.1, 0.15) is 24.1 Å². The number of nitro benzene ring substituents is 1. The van der Waals surface area contributed by atoms with Gasteiger partial charge < -0.3 is 5.32 Å². The molecule has 0 radical (unpaired) electrons. The fraction of sp³-hybridized carbons (Fsp3) is 0.333. The minimum atomic E-state index is -4.40. The number of piperazine rings is 1. The molecular weight excluding hydrogens is 409 g/mol. The summed E-state index contributed by atoms with van der Waals surface area (Å²) in [6.45, 7) is 2.83. The molecule has 0 spiro atoms. The number of nitrogens with one attached hydrogen (secondary N) is 1. The average molecular weight is 430 g/mol. The van der Waals surface area contributed by atoms with Crippen LogP contribution in [-0.2, 0) is 16.4 Å². The number of benzene rings is 2. The molecule has 0 saturated carbocycles. The fourth-order valence-corrected chi connectivity index (χ4v) is 5.07. The Labute approximate surface area is 169 Å². The molecule has 1 aliphatic rings. The summed E-state index contributed by atoms with van der Waals surface area (Å²) in [5.74, 6) is -1.12. The number of aryl methyl sites for hydroxylation is 1. The van der Waals surface area contributed by atoms with Crippen LogP contribution in [-0.4, -0.2) is 37.3 Å². The van der Waals surface area contributed by atoms with Crippen LogP contribution < -0.4 is 5.32 Å². The summed E-state index contributed by atoms with van der Waals surface area (Å²) in [4.78, 5) is 9.51. The van der Waals surface area contributed by atoms with E-state index in [0.29, 0.717) is 13.1 Å². The van der Waals surface area contributed by atoms with Gasteiger partial charge >= 0.3 is 0 Å². The third-order valence-electron chi connectivity index (χ3n) is 4.68. The topological polar surface area (TPSA) is 92.6 Å². The van der Waals surface area contributed by atoms with Gasteiger partial charge in [0.15, 0.2) is 4.90 Å². The predicted octanol–water partition coefficient (Wildman–Crippen LogP) is 3.05. The van der Waals surface area contributed by atoms with Gasteiger partial charge in [-0.05, 0) is 23.6 Å². The van der Waals surface area contributed by atoms with Crippen LogP contribution in [0.25, 0.3) is 0 Å². The Balaban J connectivity index is 0.00000280. The second kappa shape index (κ2) is 8.95. The SMILES string of the molecule is CCc1ccc(C2CNCCN2S(=O)(=O)c2c(F)cccc2[N+](=O)[O-])cc1.Cl. The van der Waals surface area contributed by atoms with E-state index in [1.807, 2.05) is 31.2 Å². The van der Waals surface area contributed by atoms with Gasteiger partial charge in [-0.1, -0.05) is 37.3 Å². The summed E-state index contributed by atoms with van der Waals surface area (Å²) in [5, 5.41) is 14.4. The van der Waals surface area contributed by atoms with Gasteiger partial charge in [-0.15, -0.1) is 12.4 Å². The van der Waals surface area contributed by atoms with Gasteiger partial charge in [0.25, 0.3) is 15.7 Å². The van der Waals surface area contributed by atoms with Crippen molar-refractivity contribution in [3.8, 4) is 0 Å². The van der Waals surface area contributed by atoms with Gasteiger partial charge in [0.2, 0.25) is 0 Å². The Morgan fingerprint density at radius 1 is 1.25 bits per heavy atom. The molecule has 1 atom stereocenters. The van der Waals surface area contributed by atoms with Gasteiger partial charge in [-0.3, -0.25) is 10.1 Å². The Kier molecular flexibility index (Phi) is 7.11. The number of halogens is 2. The van der Waals surface area contributed by atoms with Crippen LogP contribution in [0.5, 0.6) is 0 Å². The van der Waals surface area contributed by atoms with E-state index in [-0.39, 0.29) is 19.0 Å². The highest BCUT2D eigenvalue weighted by molar-refractivity contribution is 7.89. The monoisotopic (exact) mass is 429 g/mol. The molecule has 1 unspecified atom stereocenters. The molecular formula is C18H21ClFN3O4S. The molecule has 0 aromatic heterocycles. The largest absolute Gasteiger partial charge is 0.313 e. The minimum absolute atomic E-state index is 0. The molecule has 0 bridgehead atoms. The molecule has 0 amide bonds. The van der Waals surface area contributed by atoms with Crippen molar-refractivity contribution >= 4 is 28.1 Å². The van der Waals surface area contributed by atoms with Crippen molar-refractivity contribution in [2.24, 2.45) is 0 Å². The molecule has 152 valence electrons. The van der Waals surface area contributed by atoms with Gasteiger partial charge in [-0.25, -0.2) is 12.8 Å². The number of nitrogens with zero attached hydrogens (tertiary/aromatic N) is 2. The molecule has 1 saturated heterocycles. The van der Waals surface area contributed by atoms with E-state index in [4.69, 9.17) is 0 Å². The first-order chi connectivity index (χ1) is 12.9. The number of hydrogen-bond donors (Lipinski definition) is 1. The molecule has 28 heavy (non-hydrogen) atoms. The normalized spacial score (nSPS) is 17.7. The molecule has 3 rings (SSSR count). The van der Waals surface area contributed by atoms with Gasteiger partial charge in [-0.2, -0.15) is 4.31 Å². The highest BCUT2D eigenvalue weighted by Gasteiger charge is 2.40. The van der Waals surface area contributed by atoms with Crippen molar-refractivity contribution in [1.82, 2.24) is 9.62 Å². The van der Waals surface area contributed by atoms with Crippen molar-refractivity contribution in [2.45, 2.75) is 24.3 Å². The molecule has 1 heterocycles. The lowest BCUT2D eigenvalue weighted by Crippen LogP contribution is -2.48. The molecule has 7 nitrogen and oxygen atoms in total. The standard InChI is InChI=1S/C18H20FN3O4S.ClH/c1-2-13-6-8-14(9-7-13)17-12-20-10-11-21(17)27(25,26)18-15(19)4-3-5-16(18)22(23)24;/h3-9,17,20H,2,10-12H2,1H3;1H. The van der Waals surface area contributed by atoms with E-state index in [1.165, 1.54) is 0 Å². The second-order valence-electron chi connectivity index (χ2n) is 6.28. The lowest BCUT2D eigenvalue weighted by atomic mass is 10.0. The number of nitro groups is 1. The van der Waals surface area contributed by atoms with E-state index in [0.717, 1.165) is 40.1 Å². The lowest BCUT2D eigenvalue weighted by molar-refractivity contribution is -0.388. The zero-order chi connectivity index (χ0) is 19.6. The smallest absolute Gasteiger partial charge is 0.292 e. The molecule has 1 N–H and O–H groups in total. The highest BCUT2D eigenvalue weighted by Crippen LogP contribution is 2.34. The first-order valence-electron chi connectivity index (χ1n) is 8.60. The van der Waals surface area contributed by atoms with Crippen molar-refractivity contribution in [3.05, 3.63) is 69.5 Å². The predicted molar refractivity (Wildman–Crippen MR) is 106 cm³/mol.